The van der Waals surface area contributed by atoms with Crippen LogP contribution in [0.2, 0.25) is 0 Å². The van der Waals surface area contributed by atoms with Crippen molar-refractivity contribution in [3.8, 4) is 5.75 Å². The summed E-state index contributed by atoms with van der Waals surface area (Å²) in [6.45, 7) is 1.65. The second-order valence-electron chi connectivity index (χ2n) is 6.58. The van der Waals surface area contributed by atoms with E-state index in [-0.39, 0.29) is 30.6 Å². The Kier molecular flexibility index (Phi) is 8.04. The van der Waals surface area contributed by atoms with E-state index in [1.807, 2.05) is 6.92 Å². The van der Waals surface area contributed by atoms with Gasteiger partial charge in [0.25, 0.3) is 6.45 Å². The van der Waals surface area contributed by atoms with E-state index in [1.54, 1.807) is 6.07 Å². The molecule has 28 heavy (non-hydrogen) atoms. The molecule has 4 unspecified atom stereocenters. The standard InChI is InChI=1S/C19H27NO8/c1-2-3-4-5-16(23)20-13-8-12(9-26-11-21)6-7-15(13)28-19-18(25)17(24)14(22)10-27-19/h6-8,11,14,17-19,22,24-25H,2-5,9-10H2,1H3,(H,20,23)/i11D. The van der Waals surface area contributed by atoms with Gasteiger partial charge in [-0.15, -0.1) is 0 Å². The smallest absolute Gasteiger partial charge is 0.293 e. The van der Waals surface area contributed by atoms with Crippen molar-refractivity contribution >= 4 is 18.0 Å². The predicted octanol–water partition coefficient (Wildman–Crippen LogP) is 0.696. The molecule has 9 heteroatoms. The van der Waals surface area contributed by atoms with Crippen LogP contribution < -0.4 is 10.1 Å². The Balaban J connectivity index is 2.15. The van der Waals surface area contributed by atoms with E-state index in [0.717, 1.165) is 19.3 Å². The van der Waals surface area contributed by atoms with Gasteiger partial charge in [0.05, 0.1) is 12.3 Å². The maximum absolute atomic E-state index is 12.2. The molecule has 156 valence electrons. The van der Waals surface area contributed by atoms with Crippen molar-refractivity contribution in [3.05, 3.63) is 23.8 Å². The van der Waals surface area contributed by atoms with Crippen LogP contribution in [-0.4, -0.2) is 58.9 Å². The number of anilines is 1. The number of unbranched alkanes of at least 4 members (excludes halogenated alkanes) is 2. The lowest BCUT2D eigenvalue weighted by Crippen LogP contribution is -2.54. The van der Waals surface area contributed by atoms with Gasteiger partial charge in [0, 0.05) is 6.42 Å². The Morgan fingerprint density at radius 1 is 1.36 bits per heavy atom. The van der Waals surface area contributed by atoms with Gasteiger partial charge in [-0.3, -0.25) is 9.59 Å². The van der Waals surface area contributed by atoms with Gasteiger partial charge in [-0.25, -0.2) is 0 Å². The molecular weight excluding hydrogens is 370 g/mol. The van der Waals surface area contributed by atoms with E-state index in [2.05, 4.69) is 10.1 Å². The molecule has 9 nitrogen and oxygen atoms in total. The molecule has 0 bridgehead atoms. The number of benzene rings is 1. The normalized spacial score (nSPS) is 24.9. The second kappa shape index (κ2) is 11.0. The molecule has 0 spiro atoms. The summed E-state index contributed by atoms with van der Waals surface area (Å²) < 4.78 is 22.3. The minimum Gasteiger partial charge on any atom is -0.463 e. The van der Waals surface area contributed by atoms with E-state index in [1.165, 1.54) is 12.1 Å². The van der Waals surface area contributed by atoms with Crippen LogP contribution >= 0.6 is 0 Å². The zero-order valence-corrected chi connectivity index (χ0v) is 15.7. The van der Waals surface area contributed by atoms with Crippen LogP contribution in [0.1, 0.15) is 39.5 Å². The summed E-state index contributed by atoms with van der Waals surface area (Å²) >= 11 is 0. The first-order chi connectivity index (χ1) is 13.8. The maximum atomic E-state index is 12.2. The number of rotatable bonds is 9. The minimum absolute atomic E-state index is 0.158. The molecule has 0 saturated carbocycles. The fraction of sp³-hybridized carbons (Fsp3) is 0.579. The van der Waals surface area contributed by atoms with Crippen molar-refractivity contribution in [2.75, 3.05) is 11.9 Å². The van der Waals surface area contributed by atoms with Gasteiger partial charge >= 0.3 is 0 Å². The number of aliphatic hydroxyl groups excluding tert-OH is 3. The molecule has 1 saturated heterocycles. The average molecular weight is 398 g/mol. The van der Waals surface area contributed by atoms with Crippen molar-refractivity contribution in [1.29, 1.82) is 0 Å². The van der Waals surface area contributed by atoms with Gasteiger partial charge in [0.2, 0.25) is 12.2 Å². The highest BCUT2D eigenvalue weighted by Crippen LogP contribution is 2.30. The van der Waals surface area contributed by atoms with E-state index < -0.39 is 31.1 Å². The summed E-state index contributed by atoms with van der Waals surface area (Å²) in [6.07, 6.45) is -3.66. The van der Waals surface area contributed by atoms with Crippen molar-refractivity contribution in [2.45, 2.75) is 63.8 Å². The number of hydrogen-bond acceptors (Lipinski definition) is 8. The van der Waals surface area contributed by atoms with Crippen molar-refractivity contribution in [3.63, 3.8) is 0 Å². The third-order valence-electron chi connectivity index (χ3n) is 4.32. The number of hydrogen-bond donors (Lipinski definition) is 4. The first-order valence-electron chi connectivity index (χ1n) is 9.70. The topological polar surface area (TPSA) is 135 Å². The first kappa shape index (κ1) is 20.5. The zero-order valence-electron chi connectivity index (χ0n) is 16.7. The van der Waals surface area contributed by atoms with Gasteiger partial charge in [0.15, 0.2) is 1.37 Å². The first-order valence-corrected chi connectivity index (χ1v) is 9.20. The summed E-state index contributed by atoms with van der Waals surface area (Å²) in [5, 5.41) is 32.1. The fourth-order valence-electron chi connectivity index (χ4n) is 2.74. The highest BCUT2D eigenvalue weighted by molar-refractivity contribution is 5.92. The van der Waals surface area contributed by atoms with Crippen LogP contribution in [-0.2, 0) is 25.7 Å². The molecule has 1 aliphatic rings. The summed E-state index contributed by atoms with van der Waals surface area (Å²) in [7, 11) is 0. The average Bonchev–Trinajstić information content (AvgIpc) is 2.68. The highest BCUT2D eigenvalue weighted by Gasteiger charge is 2.39. The predicted molar refractivity (Wildman–Crippen MR) is 98.5 cm³/mol. The van der Waals surface area contributed by atoms with Crippen molar-refractivity contribution in [1.82, 2.24) is 0 Å². The third kappa shape index (κ3) is 6.16. The monoisotopic (exact) mass is 398 g/mol. The van der Waals surface area contributed by atoms with E-state index in [0.29, 0.717) is 12.0 Å². The van der Waals surface area contributed by atoms with Crippen LogP contribution in [0.15, 0.2) is 18.2 Å². The van der Waals surface area contributed by atoms with Crippen LogP contribution in [0.25, 0.3) is 0 Å². The lowest BCUT2D eigenvalue weighted by atomic mass is 10.1. The van der Waals surface area contributed by atoms with Crippen molar-refractivity contribution < 1.29 is 40.5 Å². The number of ether oxygens (including phenoxy) is 3. The second-order valence-corrected chi connectivity index (χ2v) is 6.58. The SMILES string of the molecule is [2H]C(=O)OCc1ccc(OC2OCC(O)C(O)C2O)c(NC(=O)CCCCC)c1. The van der Waals surface area contributed by atoms with Gasteiger partial charge < -0.3 is 34.8 Å². The number of amides is 1. The van der Waals surface area contributed by atoms with Crippen LogP contribution in [0, 0.1) is 0 Å². The summed E-state index contributed by atoms with van der Waals surface area (Å²) in [5.74, 6) is -0.0686. The quantitative estimate of drug-likeness (QED) is 0.353. The summed E-state index contributed by atoms with van der Waals surface area (Å²) in [6, 6.07) is 4.57. The number of carbonyl (C=O) groups is 2. The number of carbonyl (C=O) groups excluding carboxylic acids is 2. The molecule has 1 aromatic carbocycles. The molecule has 1 fully saturated rings. The molecule has 0 aromatic heterocycles. The Labute approximate surface area is 164 Å². The summed E-state index contributed by atoms with van der Waals surface area (Å²) in [5.41, 5.74) is 0.781. The largest absolute Gasteiger partial charge is 0.463 e. The maximum Gasteiger partial charge on any atom is 0.293 e. The summed E-state index contributed by atoms with van der Waals surface area (Å²) in [4.78, 5) is 22.9. The fourth-order valence-corrected chi connectivity index (χ4v) is 2.74. The Morgan fingerprint density at radius 2 is 2.14 bits per heavy atom. The molecule has 0 aliphatic carbocycles. The Morgan fingerprint density at radius 3 is 2.86 bits per heavy atom. The van der Waals surface area contributed by atoms with E-state index in [4.69, 9.17) is 10.8 Å². The van der Waals surface area contributed by atoms with Crippen LogP contribution in [0.4, 0.5) is 5.69 Å². The molecule has 1 aromatic rings. The van der Waals surface area contributed by atoms with E-state index in [9.17, 15) is 24.9 Å². The molecule has 0 radical (unpaired) electrons. The minimum atomic E-state index is -1.49. The molecule has 1 amide bonds. The zero-order chi connectivity index (χ0) is 21.4. The lowest BCUT2D eigenvalue weighted by molar-refractivity contribution is -0.241. The highest BCUT2D eigenvalue weighted by atomic mass is 16.7. The van der Waals surface area contributed by atoms with Gasteiger partial charge in [0.1, 0.15) is 30.7 Å². The Bertz CT molecular complexity index is 701. The van der Waals surface area contributed by atoms with Gasteiger partial charge in [-0.1, -0.05) is 25.8 Å². The van der Waals surface area contributed by atoms with Gasteiger partial charge in [-0.2, -0.15) is 0 Å². The lowest BCUT2D eigenvalue weighted by Gasteiger charge is -2.35. The molecule has 1 aliphatic heterocycles. The molecular formula is C19H27NO8. The molecule has 4 atom stereocenters. The van der Waals surface area contributed by atoms with Crippen LogP contribution in [0.5, 0.6) is 5.75 Å². The Hall–Kier alpha value is -2.20. The van der Waals surface area contributed by atoms with Crippen LogP contribution in [0.3, 0.4) is 0 Å². The molecule has 1 heterocycles. The third-order valence-corrected chi connectivity index (χ3v) is 4.32. The van der Waals surface area contributed by atoms with Gasteiger partial charge in [-0.05, 0) is 24.1 Å². The van der Waals surface area contributed by atoms with E-state index >= 15 is 0 Å². The molecule has 2 rings (SSSR count). The van der Waals surface area contributed by atoms with Crippen molar-refractivity contribution in [2.24, 2.45) is 0 Å². The number of aliphatic hydroxyl groups is 3. The number of nitrogens with one attached hydrogen (secondary N) is 1. The molecule has 4 N–H and O–H groups in total.